The Hall–Kier alpha value is -3.08. The Balaban J connectivity index is 1.53. The van der Waals surface area contributed by atoms with Crippen LogP contribution in [0.3, 0.4) is 0 Å². The molecule has 5 heteroatoms. The maximum absolute atomic E-state index is 14.5. The number of hydrogen-bond acceptors (Lipinski definition) is 1. The Labute approximate surface area is 158 Å². The predicted molar refractivity (Wildman–Crippen MR) is 103 cm³/mol. The van der Waals surface area contributed by atoms with Crippen molar-refractivity contribution in [1.29, 1.82) is 0 Å². The minimum Gasteiger partial charge on any atom is -0.348 e. The van der Waals surface area contributed by atoms with Gasteiger partial charge in [-0.3, -0.25) is 0 Å². The molecule has 4 rings (SSSR count). The van der Waals surface area contributed by atoms with Gasteiger partial charge in [0.05, 0.1) is 0 Å². The number of amides is 2. The maximum Gasteiger partial charge on any atom is 0.318 e. The van der Waals surface area contributed by atoms with Gasteiger partial charge in [-0.15, -0.1) is 0 Å². The fraction of sp³-hybridized carbons (Fsp3) is 0.227. The number of nitrogens with zero attached hydrogens (tertiary/aromatic N) is 2. The number of aromatic nitrogens is 1. The van der Waals surface area contributed by atoms with Crippen LogP contribution in [-0.4, -0.2) is 28.6 Å². The number of carbonyl (C=O) groups excluding carboxylic acids is 1. The highest BCUT2D eigenvalue weighted by molar-refractivity contribution is 5.75. The molecular weight excluding hydrogens is 341 g/mol. The molecule has 0 saturated carbocycles. The SMILES string of the molecule is O=C(NCCc1ccccc1)N1CCn2cccc2[C@H]1c1ccccc1F. The standard InChI is InChI=1S/C22H22FN3O/c23-19-10-5-4-9-18(19)21-20-11-6-14-25(20)15-16-26(21)22(27)24-13-12-17-7-2-1-3-8-17/h1-11,14,21H,12-13,15-16H2,(H,24,27)/t21-/m1/s1. The molecule has 0 bridgehead atoms. The number of benzene rings is 2. The van der Waals surface area contributed by atoms with Gasteiger partial charge in [0, 0.05) is 37.1 Å². The number of rotatable bonds is 4. The number of halogens is 1. The molecule has 2 amide bonds. The van der Waals surface area contributed by atoms with Crippen LogP contribution in [0.5, 0.6) is 0 Å². The predicted octanol–water partition coefficient (Wildman–Crippen LogP) is 3.98. The number of urea groups is 1. The fourth-order valence-corrected chi connectivity index (χ4v) is 3.69. The Bertz CT molecular complexity index is 922. The van der Waals surface area contributed by atoms with E-state index in [1.54, 1.807) is 17.0 Å². The number of carbonyl (C=O) groups is 1. The molecule has 0 unspecified atom stereocenters. The third kappa shape index (κ3) is 3.58. The molecule has 2 heterocycles. The molecule has 138 valence electrons. The second-order valence-electron chi connectivity index (χ2n) is 6.71. The Morgan fingerprint density at radius 1 is 1.00 bits per heavy atom. The molecule has 0 aliphatic carbocycles. The quantitative estimate of drug-likeness (QED) is 0.748. The average molecular weight is 363 g/mol. The van der Waals surface area contributed by atoms with E-state index in [9.17, 15) is 9.18 Å². The third-order valence-corrected chi connectivity index (χ3v) is 5.03. The lowest BCUT2D eigenvalue weighted by Crippen LogP contribution is -2.47. The van der Waals surface area contributed by atoms with Crippen molar-refractivity contribution in [2.24, 2.45) is 0 Å². The van der Waals surface area contributed by atoms with Crippen molar-refractivity contribution >= 4 is 6.03 Å². The van der Waals surface area contributed by atoms with E-state index in [-0.39, 0.29) is 11.8 Å². The Morgan fingerprint density at radius 2 is 1.78 bits per heavy atom. The monoisotopic (exact) mass is 363 g/mol. The van der Waals surface area contributed by atoms with Crippen LogP contribution < -0.4 is 5.32 Å². The summed E-state index contributed by atoms with van der Waals surface area (Å²) < 4.78 is 16.6. The molecule has 27 heavy (non-hydrogen) atoms. The van der Waals surface area contributed by atoms with Crippen molar-refractivity contribution in [2.75, 3.05) is 13.1 Å². The van der Waals surface area contributed by atoms with E-state index >= 15 is 0 Å². The molecule has 2 aromatic carbocycles. The first-order valence-electron chi connectivity index (χ1n) is 9.22. The first-order chi connectivity index (χ1) is 13.2. The van der Waals surface area contributed by atoms with E-state index in [1.807, 2.05) is 54.7 Å². The molecule has 0 spiro atoms. The van der Waals surface area contributed by atoms with E-state index in [2.05, 4.69) is 9.88 Å². The minimum absolute atomic E-state index is 0.161. The molecule has 1 aliphatic heterocycles. The van der Waals surface area contributed by atoms with Crippen molar-refractivity contribution in [3.63, 3.8) is 0 Å². The van der Waals surface area contributed by atoms with E-state index in [0.717, 1.165) is 12.1 Å². The molecular formula is C22H22FN3O. The summed E-state index contributed by atoms with van der Waals surface area (Å²) in [5.41, 5.74) is 2.64. The molecule has 1 aromatic heterocycles. The first-order valence-corrected chi connectivity index (χ1v) is 9.22. The van der Waals surface area contributed by atoms with E-state index in [0.29, 0.717) is 25.2 Å². The molecule has 1 atom stereocenters. The van der Waals surface area contributed by atoms with E-state index in [4.69, 9.17) is 0 Å². The molecule has 4 nitrogen and oxygen atoms in total. The zero-order valence-corrected chi connectivity index (χ0v) is 15.0. The second-order valence-corrected chi connectivity index (χ2v) is 6.71. The van der Waals surface area contributed by atoms with Gasteiger partial charge in [0.2, 0.25) is 0 Å². The summed E-state index contributed by atoms with van der Waals surface area (Å²) in [6, 6.07) is 20.0. The van der Waals surface area contributed by atoms with E-state index < -0.39 is 6.04 Å². The third-order valence-electron chi connectivity index (χ3n) is 5.03. The molecule has 3 aromatic rings. The molecule has 1 N–H and O–H groups in total. The van der Waals surface area contributed by atoms with Crippen LogP contribution in [0.4, 0.5) is 9.18 Å². The Kier molecular flexibility index (Phi) is 4.92. The molecule has 0 saturated heterocycles. The Morgan fingerprint density at radius 3 is 2.59 bits per heavy atom. The zero-order chi connectivity index (χ0) is 18.6. The summed E-state index contributed by atoms with van der Waals surface area (Å²) in [4.78, 5) is 14.6. The highest BCUT2D eigenvalue weighted by atomic mass is 19.1. The van der Waals surface area contributed by atoms with Crippen LogP contribution in [0.2, 0.25) is 0 Å². The van der Waals surface area contributed by atoms with Crippen molar-refractivity contribution in [3.8, 4) is 0 Å². The zero-order valence-electron chi connectivity index (χ0n) is 15.0. The molecule has 1 aliphatic rings. The fourth-order valence-electron chi connectivity index (χ4n) is 3.69. The smallest absolute Gasteiger partial charge is 0.318 e. The summed E-state index contributed by atoms with van der Waals surface area (Å²) >= 11 is 0. The van der Waals surface area contributed by atoms with Gasteiger partial charge in [-0.2, -0.15) is 0 Å². The van der Waals surface area contributed by atoms with Gasteiger partial charge in [0.1, 0.15) is 11.9 Å². The van der Waals surface area contributed by atoms with Gasteiger partial charge in [-0.1, -0.05) is 48.5 Å². The summed E-state index contributed by atoms with van der Waals surface area (Å²) in [6.07, 6.45) is 2.75. The van der Waals surface area contributed by atoms with Crippen LogP contribution in [-0.2, 0) is 13.0 Å². The number of nitrogens with one attached hydrogen (secondary N) is 1. The highest BCUT2D eigenvalue weighted by Gasteiger charge is 2.33. The largest absolute Gasteiger partial charge is 0.348 e. The average Bonchev–Trinajstić information content (AvgIpc) is 3.17. The van der Waals surface area contributed by atoms with Gasteiger partial charge in [0.25, 0.3) is 0 Å². The summed E-state index contributed by atoms with van der Waals surface area (Å²) in [6.45, 7) is 1.79. The van der Waals surface area contributed by atoms with Crippen molar-refractivity contribution in [3.05, 3.63) is 95.6 Å². The number of fused-ring (bicyclic) bond motifs is 1. The number of hydrogen-bond donors (Lipinski definition) is 1. The van der Waals surface area contributed by atoms with Gasteiger partial charge in [-0.25, -0.2) is 9.18 Å². The van der Waals surface area contributed by atoms with Crippen molar-refractivity contribution < 1.29 is 9.18 Å². The van der Waals surface area contributed by atoms with Crippen LogP contribution in [0.1, 0.15) is 22.9 Å². The van der Waals surface area contributed by atoms with Crippen LogP contribution >= 0.6 is 0 Å². The van der Waals surface area contributed by atoms with Crippen LogP contribution in [0, 0.1) is 5.82 Å². The first kappa shape index (κ1) is 17.3. The summed E-state index contributed by atoms with van der Waals surface area (Å²) in [7, 11) is 0. The lowest BCUT2D eigenvalue weighted by Gasteiger charge is -2.37. The minimum atomic E-state index is -0.424. The molecule has 0 radical (unpaired) electrons. The van der Waals surface area contributed by atoms with Crippen molar-refractivity contribution in [2.45, 2.75) is 19.0 Å². The summed E-state index contributed by atoms with van der Waals surface area (Å²) in [5, 5.41) is 3.00. The van der Waals surface area contributed by atoms with Gasteiger partial charge in [-0.05, 0) is 30.2 Å². The lowest BCUT2D eigenvalue weighted by molar-refractivity contribution is 0.167. The molecule has 0 fully saturated rings. The van der Waals surface area contributed by atoms with Crippen LogP contribution in [0.25, 0.3) is 0 Å². The normalized spacial score (nSPS) is 16.0. The van der Waals surface area contributed by atoms with Crippen molar-refractivity contribution in [1.82, 2.24) is 14.8 Å². The second kappa shape index (κ2) is 7.66. The van der Waals surface area contributed by atoms with Crippen LogP contribution in [0.15, 0.2) is 72.9 Å². The topological polar surface area (TPSA) is 37.3 Å². The van der Waals surface area contributed by atoms with Gasteiger partial charge in [0.15, 0.2) is 0 Å². The van der Waals surface area contributed by atoms with Gasteiger partial charge < -0.3 is 14.8 Å². The maximum atomic E-state index is 14.5. The summed E-state index contributed by atoms with van der Waals surface area (Å²) in [5.74, 6) is -0.292. The van der Waals surface area contributed by atoms with E-state index in [1.165, 1.54) is 11.6 Å². The lowest BCUT2D eigenvalue weighted by atomic mass is 9.99. The highest BCUT2D eigenvalue weighted by Crippen LogP contribution is 2.33. The van der Waals surface area contributed by atoms with Gasteiger partial charge >= 0.3 is 6.03 Å².